The number of nitrogens with one attached hydrogen (secondary N) is 1. The Morgan fingerprint density at radius 3 is 2.67 bits per heavy atom. The highest BCUT2D eigenvalue weighted by Gasteiger charge is 2.59. The molecule has 4 saturated carbocycles. The zero-order valence-electron chi connectivity index (χ0n) is 15.6. The fourth-order valence-electron chi connectivity index (χ4n) is 6.42. The average molecular weight is 366 g/mol. The highest BCUT2D eigenvalue weighted by Crippen LogP contribution is 2.62. The quantitative estimate of drug-likeness (QED) is 0.872. The minimum atomic E-state index is -0.512. The van der Waals surface area contributed by atoms with Gasteiger partial charge in [-0.3, -0.25) is 4.79 Å². The van der Waals surface area contributed by atoms with Gasteiger partial charge in [-0.2, -0.15) is 5.10 Å². The first kappa shape index (κ1) is 16.9. The van der Waals surface area contributed by atoms with E-state index in [4.69, 9.17) is 0 Å². The molecular weight excluding hydrogens is 340 g/mol. The maximum Gasteiger partial charge on any atom is 0.253 e. The maximum atomic E-state index is 13.1. The van der Waals surface area contributed by atoms with E-state index >= 15 is 0 Å². The molecule has 1 aromatic heterocycles. The van der Waals surface area contributed by atoms with Crippen molar-refractivity contribution in [1.29, 1.82) is 0 Å². The molecule has 0 aliphatic heterocycles. The molecule has 0 radical (unpaired) electrons. The lowest BCUT2D eigenvalue weighted by molar-refractivity contribution is -0.171. The summed E-state index contributed by atoms with van der Waals surface area (Å²) in [5.74, 6) is 1.13. The van der Waals surface area contributed by atoms with Crippen LogP contribution in [0.3, 0.4) is 0 Å². The van der Waals surface area contributed by atoms with Crippen molar-refractivity contribution in [2.75, 3.05) is 0 Å². The summed E-state index contributed by atoms with van der Waals surface area (Å²) in [6, 6.07) is 7.50. The van der Waals surface area contributed by atoms with Crippen LogP contribution in [0.1, 0.15) is 55.8 Å². The van der Waals surface area contributed by atoms with Gasteiger partial charge in [0.1, 0.15) is 12.7 Å². The molecule has 0 unspecified atom stereocenters. The van der Waals surface area contributed by atoms with E-state index in [0.717, 1.165) is 37.8 Å². The van der Waals surface area contributed by atoms with Crippen LogP contribution in [0.2, 0.25) is 0 Å². The highest BCUT2D eigenvalue weighted by molar-refractivity contribution is 5.97. The van der Waals surface area contributed by atoms with Crippen LogP contribution in [0.4, 0.5) is 0 Å². The smallest absolute Gasteiger partial charge is 0.253 e. The van der Waals surface area contributed by atoms with Gasteiger partial charge in [0.05, 0.1) is 16.9 Å². The van der Waals surface area contributed by atoms with Gasteiger partial charge in [-0.15, -0.1) is 0 Å². The van der Waals surface area contributed by atoms with Crippen molar-refractivity contribution in [2.24, 2.45) is 17.3 Å². The third kappa shape index (κ3) is 2.78. The molecule has 4 bridgehead atoms. The number of nitrogens with zero attached hydrogens (tertiary/aromatic N) is 3. The van der Waals surface area contributed by atoms with E-state index in [2.05, 4.69) is 22.3 Å². The molecule has 4 fully saturated rings. The standard InChI is InChI=1S/C21H26N4O2/c1-14(20-7-15-6-16(8-20)10-21(27,9-15)11-20)24-19(26)17-4-2-3-5-18(17)25-13-22-12-23-25/h2-5,12-16,27H,6-11H2,1H3,(H,24,26)/t14-,15+,16+,20?,21?/m0/s1. The fraction of sp³-hybridized carbons (Fsp3) is 0.571. The van der Waals surface area contributed by atoms with Gasteiger partial charge in [-0.25, -0.2) is 9.67 Å². The number of para-hydroxylation sites is 1. The van der Waals surface area contributed by atoms with Crippen LogP contribution in [0.5, 0.6) is 0 Å². The number of rotatable bonds is 4. The Bertz CT molecular complexity index is 849. The van der Waals surface area contributed by atoms with E-state index in [1.807, 2.05) is 24.3 Å². The van der Waals surface area contributed by atoms with Gasteiger partial charge in [0.15, 0.2) is 0 Å². The van der Waals surface area contributed by atoms with Crippen LogP contribution < -0.4 is 5.32 Å². The van der Waals surface area contributed by atoms with E-state index in [0.29, 0.717) is 17.4 Å². The third-order valence-electron chi connectivity index (χ3n) is 7.16. The third-order valence-corrected chi connectivity index (χ3v) is 7.16. The summed E-state index contributed by atoms with van der Waals surface area (Å²) in [6.45, 7) is 2.12. The zero-order chi connectivity index (χ0) is 18.6. The number of aromatic nitrogens is 3. The van der Waals surface area contributed by atoms with Gasteiger partial charge in [0, 0.05) is 6.04 Å². The first-order valence-electron chi connectivity index (χ1n) is 9.94. The number of amides is 1. The molecule has 4 aliphatic carbocycles. The first-order chi connectivity index (χ1) is 13.0. The Balaban J connectivity index is 1.39. The molecule has 0 saturated heterocycles. The summed E-state index contributed by atoms with van der Waals surface area (Å²) in [6.07, 6.45) is 9.27. The van der Waals surface area contributed by atoms with Crippen LogP contribution in [-0.4, -0.2) is 37.4 Å². The molecule has 4 aliphatic rings. The van der Waals surface area contributed by atoms with E-state index in [1.165, 1.54) is 12.7 Å². The molecule has 6 rings (SSSR count). The molecule has 2 N–H and O–H groups in total. The van der Waals surface area contributed by atoms with Crippen molar-refractivity contribution in [3.05, 3.63) is 42.5 Å². The summed E-state index contributed by atoms with van der Waals surface area (Å²) in [4.78, 5) is 17.1. The summed E-state index contributed by atoms with van der Waals surface area (Å²) in [5.41, 5.74) is 0.834. The van der Waals surface area contributed by atoms with Crippen molar-refractivity contribution in [1.82, 2.24) is 20.1 Å². The number of hydrogen-bond acceptors (Lipinski definition) is 4. The summed E-state index contributed by atoms with van der Waals surface area (Å²) in [5, 5.41) is 18.4. The number of benzene rings is 1. The van der Waals surface area contributed by atoms with E-state index < -0.39 is 5.60 Å². The van der Waals surface area contributed by atoms with Crippen molar-refractivity contribution in [3.8, 4) is 5.69 Å². The fourth-order valence-corrected chi connectivity index (χ4v) is 6.42. The van der Waals surface area contributed by atoms with Crippen LogP contribution in [0.25, 0.3) is 5.69 Å². The average Bonchev–Trinajstić information content (AvgIpc) is 3.14. The number of aliphatic hydroxyl groups is 1. The lowest BCUT2D eigenvalue weighted by atomic mass is 9.46. The number of carbonyl (C=O) groups excluding carboxylic acids is 1. The predicted molar refractivity (Wildman–Crippen MR) is 100 cm³/mol. The molecule has 6 heteroatoms. The Hall–Kier alpha value is -2.21. The molecule has 2 aromatic rings. The monoisotopic (exact) mass is 366 g/mol. The zero-order valence-corrected chi connectivity index (χ0v) is 15.6. The summed E-state index contributed by atoms with van der Waals surface area (Å²) >= 11 is 0. The Morgan fingerprint density at radius 2 is 2.00 bits per heavy atom. The lowest BCUT2D eigenvalue weighted by Gasteiger charge is -2.62. The number of carbonyl (C=O) groups is 1. The van der Waals surface area contributed by atoms with Crippen molar-refractivity contribution < 1.29 is 9.90 Å². The van der Waals surface area contributed by atoms with E-state index in [9.17, 15) is 9.90 Å². The topological polar surface area (TPSA) is 80.0 Å². The minimum absolute atomic E-state index is 0.0245. The predicted octanol–water partition coefficient (Wildman–Crippen LogP) is 2.72. The van der Waals surface area contributed by atoms with Gasteiger partial charge in [0.2, 0.25) is 0 Å². The van der Waals surface area contributed by atoms with Crippen LogP contribution in [0, 0.1) is 17.3 Å². The van der Waals surface area contributed by atoms with Gasteiger partial charge in [-0.1, -0.05) is 12.1 Å². The van der Waals surface area contributed by atoms with Crippen molar-refractivity contribution in [3.63, 3.8) is 0 Å². The van der Waals surface area contributed by atoms with Crippen molar-refractivity contribution in [2.45, 2.75) is 57.1 Å². The second-order valence-corrected chi connectivity index (χ2v) is 9.10. The van der Waals surface area contributed by atoms with Gasteiger partial charge in [-0.05, 0) is 74.8 Å². The molecule has 1 amide bonds. The molecule has 0 spiro atoms. The molecule has 1 heterocycles. The first-order valence-corrected chi connectivity index (χ1v) is 9.94. The molecule has 1 aromatic carbocycles. The van der Waals surface area contributed by atoms with Gasteiger partial charge in [0.25, 0.3) is 5.91 Å². The van der Waals surface area contributed by atoms with Crippen LogP contribution >= 0.6 is 0 Å². The largest absolute Gasteiger partial charge is 0.390 e. The Labute approximate surface area is 159 Å². The molecule has 3 atom stereocenters. The Morgan fingerprint density at radius 1 is 1.26 bits per heavy atom. The van der Waals surface area contributed by atoms with Gasteiger partial charge >= 0.3 is 0 Å². The summed E-state index contributed by atoms with van der Waals surface area (Å²) < 4.78 is 1.62. The van der Waals surface area contributed by atoms with Crippen LogP contribution in [-0.2, 0) is 0 Å². The second-order valence-electron chi connectivity index (χ2n) is 9.10. The van der Waals surface area contributed by atoms with E-state index in [1.54, 1.807) is 11.0 Å². The van der Waals surface area contributed by atoms with Gasteiger partial charge < -0.3 is 10.4 Å². The van der Waals surface area contributed by atoms with Crippen molar-refractivity contribution >= 4 is 5.91 Å². The minimum Gasteiger partial charge on any atom is -0.390 e. The molecular formula is C21H26N4O2. The molecule has 27 heavy (non-hydrogen) atoms. The Kier molecular flexibility index (Phi) is 3.69. The normalized spacial score (nSPS) is 35.2. The highest BCUT2D eigenvalue weighted by atomic mass is 16.3. The second kappa shape index (κ2) is 5.89. The summed E-state index contributed by atoms with van der Waals surface area (Å²) in [7, 11) is 0. The SMILES string of the molecule is C[C@H](NC(=O)c1ccccc1-n1cncn1)C12C[C@H]3C[C@@H](CC(O)(C3)C1)C2. The number of hydrogen-bond donors (Lipinski definition) is 2. The molecule has 6 nitrogen and oxygen atoms in total. The van der Waals surface area contributed by atoms with E-state index in [-0.39, 0.29) is 17.4 Å². The maximum absolute atomic E-state index is 13.1. The lowest BCUT2D eigenvalue weighted by Crippen LogP contribution is -2.61. The van der Waals surface area contributed by atoms with Crippen LogP contribution in [0.15, 0.2) is 36.9 Å². The molecule has 142 valence electrons.